The number of alkyl halides is 3. The molecule has 2 aromatic carbocycles. The zero-order valence-corrected chi connectivity index (χ0v) is 23.9. The Bertz CT molecular complexity index is 1120. The number of nitrogens with zero attached hydrogens (tertiary/aromatic N) is 2. The number of halogens is 3. The molecule has 0 radical (unpaired) electrons. The molecule has 2 fully saturated rings. The van der Waals surface area contributed by atoms with E-state index in [1.807, 2.05) is 25.1 Å². The van der Waals surface area contributed by atoms with Gasteiger partial charge in [-0.15, -0.1) is 0 Å². The SMILES string of the molecule is CCOc1ccccc1CN1CCC2(CC1)CCN(C(=O)c1ccc(C(C)(C)C)cc1)CC2.O=C(O)C(F)(F)F. The van der Waals surface area contributed by atoms with Crippen LogP contribution in [0.2, 0.25) is 0 Å². The number of rotatable bonds is 5. The number of likely N-dealkylation sites (tertiary alicyclic amines) is 2. The van der Waals surface area contributed by atoms with E-state index in [2.05, 4.69) is 60.9 Å². The second-order valence-corrected chi connectivity index (χ2v) is 11.7. The first-order valence-electron chi connectivity index (χ1n) is 13.9. The average molecular weight is 563 g/mol. The molecule has 2 saturated heterocycles. The van der Waals surface area contributed by atoms with Crippen LogP contribution >= 0.6 is 0 Å². The molecule has 220 valence electrons. The van der Waals surface area contributed by atoms with Crippen molar-refractivity contribution in [3.8, 4) is 5.75 Å². The number of carbonyl (C=O) groups excluding carboxylic acids is 1. The maximum atomic E-state index is 13.1. The van der Waals surface area contributed by atoms with E-state index < -0.39 is 12.1 Å². The van der Waals surface area contributed by atoms with Gasteiger partial charge in [0, 0.05) is 30.8 Å². The molecule has 0 unspecified atom stereocenters. The molecular formula is C31H41F3N2O4. The fourth-order valence-electron chi connectivity index (χ4n) is 5.34. The average Bonchev–Trinajstić information content (AvgIpc) is 2.91. The van der Waals surface area contributed by atoms with Crippen molar-refractivity contribution in [2.75, 3.05) is 32.8 Å². The first kappa shape index (κ1) is 31.5. The maximum absolute atomic E-state index is 13.1. The van der Waals surface area contributed by atoms with Gasteiger partial charge in [0.05, 0.1) is 6.61 Å². The van der Waals surface area contributed by atoms with E-state index in [4.69, 9.17) is 14.6 Å². The first-order chi connectivity index (χ1) is 18.7. The van der Waals surface area contributed by atoms with Crippen LogP contribution in [0.15, 0.2) is 48.5 Å². The lowest BCUT2D eigenvalue weighted by atomic mass is 9.71. The summed E-state index contributed by atoms with van der Waals surface area (Å²) in [7, 11) is 0. The Morgan fingerprint density at radius 3 is 1.93 bits per heavy atom. The lowest BCUT2D eigenvalue weighted by Gasteiger charge is -2.47. The van der Waals surface area contributed by atoms with Gasteiger partial charge >= 0.3 is 12.1 Å². The summed E-state index contributed by atoms with van der Waals surface area (Å²) < 4.78 is 37.6. The summed E-state index contributed by atoms with van der Waals surface area (Å²) in [6, 6.07) is 16.6. The number of carboxylic acid groups (broad SMARTS) is 1. The summed E-state index contributed by atoms with van der Waals surface area (Å²) in [5.74, 6) is -1.55. The van der Waals surface area contributed by atoms with Gasteiger partial charge < -0.3 is 14.7 Å². The fourth-order valence-corrected chi connectivity index (χ4v) is 5.34. The Hall–Kier alpha value is -3.07. The number of carboxylic acids is 1. The number of para-hydroxylation sites is 1. The smallest absolute Gasteiger partial charge is 0.490 e. The van der Waals surface area contributed by atoms with Crippen molar-refractivity contribution in [1.82, 2.24) is 9.80 Å². The van der Waals surface area contributed by atoms with Crippen molar-refractivity contribution < 1.29 is 32.6 Å². The Labute approximate surface area is 235 Å². The van der Waals surface area contributed by atoms with E-state index in [1.54, 1.807) is 0 Å². The minimum absolute atomic E-state index is 0.110. The van der Waals surface area contributed by atoms with Gasteiger partial charge in [0.1, 0.15) is 5.75 Å². The standard InChI is InChI=1S/C29H40N2O2.C2HF3O2/c1-5-33-26-9-7-6-8-24(26)22-30-18-14-29(15-19-30)16-20-31(21-17-29)27(32)23-10-12-25(13-11-23)28(2,3)4;3-2(4,5)1(6)7/h6-13H,5,14-22H2,1-4H3;(H,6,7). The molecule has 1 amide bonds. The molecule has 6 nitrogen and oxygen atoms in total. The third-order valence-electron chi connectivity index (χ3n) is 7.93. The lowest BCUT2D eigenvalue weighted by Crippen LogP contribution is -2.48. The van der Waals surface area contributed by atoms with Gasteiger partial charge in [-0.1, -0.05) is 51.1 Å². The summed E-state index contributed by atoms with van der Waals surface area (Å²) in [5, 5.41) is 7.12. The Balaban J connectivity index is 0.000000559. The zero-order chi connectivity index (χ0) is 29.6. The molecule has 4 rings (SSSR count). The van der Waals surface area contributed by atoms with E-state index >= 15 is 0 Å². The molecule has 2 heterocycles. The van der Waals surface area contributed by atoms with E-state index in [9.17, 15) is 18.0 Å². The summed E-state index contributed by atoms with van der Waals surface area (Å²) in [4.78, 5) is 26.6. The number of hydrogen-bond donors (Lipinski definition) is 1. The van der Waals surface area contributed by atoms with Gasteiger partial charge in [-0.05, 0) is 80.3 Å². The van der Waals surface area contributed by atoms with Crippen LogP contribution in [-0.2, 0) is 16.8 Å². The van der Waals surface area contributed by atoms with Crippen LogP contribution in [-0.4, -0.2) is 65.7 Å². The Morgan fingerprint density at radius 1 is 0.900 bits per heavy atom. The Kier molecular flexibility index (Phi) is 10.3. The molecule has 2 aromatic rings. The number of aliphatic carboxylic acids is 1. The molecule has 0 aliphatic carbocycles. The van der Waals surface area contributed by atoms with Gasteiger partial charge in [0.25, 0.3) is 5.91 Å². The van der Waals surface area contributed by atoms with Crippen LogP contribution < -0.4 is 4.74 Å². The fraction of sp³-hybridized carbons (Fsp3) is 0.548. The van der Waals surface area contributed by atoms with Gasteiger partial charge in [-0.3, -0.25) is 9.69 Å². The second-order valence-electron chi connectivity index (χ2n) is 11.7. The van der Waals surface area contributed by atoms with Crippen LogP contribution in [0.3, 0.4) is 0 Å². The predicted molar refractivity (Wildman–Crippen MR) is 149 cm³/mol. The number of carbonyl (C=O) groups is 2. The van der Waals surface area contributed by atoms with Crippen LogP contribution in [0, 0.1) is 5.41 Å². The molecule has 1 spiro atoms. The number of ether oxygens (including phenoxy) is 1. The number of hydrogen-bond acceptors (Lipinski definition) is 4. The van der Waals surface area contributed by atoms with Crippen molar-refractivity contribution in [2.24, 2.45) is 5.41 Å². The Morgan fingerprint density at radius 2 is 1.43 bits per heavy atom. The van der Waals surface area contributed by atoms with Gasteiger partial charge in [-0.2, -0.15) is 13.2 Å². The molecule has 0 aromatic heterocycles. The zero-order valence-electron chi connectivity index (χ0n) is 23.9. The molecule has 2 aliphatic rings. The summed E-state index contributed by atoms with van der Waals surface area (Å²) >= 11 is 0. The topological polar surface area (TPSA) is 70.1 Å². The highest BCUT2D eigenvalue weighted by molar-refractivity contribution is 5.94. The van der Waals surface area contributed by atoms with Crippen molar-refractivity contribution in [3.05, 3.63) is 65.2 Å². The van der Waals surface area contributed by atoms with Crippen molar-refractivity contribution in [1.29, 1.82) is 0 Å². The summed E-state index contributed by atoms with van der Waals surface area (Å²) in [5.41, 5.74) is 3.89. The highest BCUT2D eigenvalue weighted by atomic mass is 19.4. The lowest BCUT2D eigenvalue weighted by molar-refractivity contribution is -0.192. The van der Waals surface area contributed by atoms with E-state index in [0.717, 1.165) is 56.9 Å². The second kappa shape index (κ2) is 13.1. The highest BCUT2D eigenvalue weighted by Gasteiger charge is 2.39. The van der Waals surface area contributed by atoms with E-state index in [1.165, 1.54) is 24.0 Å². The number of piperidine rings is 2. The molecule has 0 saturated carbocycles. The first-order valence-corrected chi connectivity index (χ1v) is 13.9. The van der Waals surface area contributed by atoms with Crippen molar-refractivity contribution >= 4 is 11.9 Å². The maximum Gasteiger partial charge on any atom is 0.490 e. The quantitative estimate of drug-likeness (QED) is 0.449. The van der Waals surface area contributed by atoms with Crippen molar-refractivity contribution in [2.45, 2.75) is 71.5 Å². The largest absolute Gasteiger partial charge is 0.494 e. The van der Waals surface area contributed by atoms with Gasteiger partial charge in [0.15, 0.2) is 0 Å². The van der Waals surface area contributed by atoms with Crippen LogP contribution in [0.5, 0.6) is 5.75 Å². The van der Waals surface area contributed by atoms with Crippen molar-refractivity contribution in [3.63, 3.8) is 0 Å². The molecule has 2 aliphatic heterocycles. The molecular weight excluding hydrogens is 521 g/mol. The third-order valence-corrected chi connectivity index (χ3v) is 7.93. The molecule has 40 heavy (non-hydrogen) atoms. The number of benzene rings is 2. The normalized spacial score (nSPS) is 17.6. The van der Waals surface area contributed by atoms with Gasteiger partial charge in [-0.25, -0.2) is 4.79 Å². The number of amides is 1. The highest BCUT2D eigenvalue weighted by Crippen LogP contribution is 2.42. The molecule has 0 atom stereocenters. The van der Waals surface area contributed by atoms with Crippen LogP contribution in [0.1, 0.15) is 74.9 Å². The van der Waals surface area contributed by atoms with Gasteiger partial charge in [0.2, 0.25) is 0 Å². The predicted octanol–water partition coefficient (Wildman–Crippen LogP) is 6.53. The monoisotopic (exact) mass is 562 g/mol. The van der Waals surface area contributed by atoms with E-state index in [-0.39, 0.29) is 11.3 Å². The minimum Gasteiger partial charge on any atom is -0.494 e. The minimum atomic E-state index is -5.08. The summed E-state index contributed by atoms with van der Waals surface area (Å²) in [6.07, 6.45) is -0.372. The molecule has 9 heteroatoms. The molecule has 1 N–H and O–H groups in total. The molecule has 0 bridgehead atoms. The van der Waals surface area contributed by atoms with Crippen LogP contribution in [0.25, 0.3) is 0 Å². The van der Waals surface area contributed by atoms with Crippen LogP contribution in [0.4, 0.5) is 13.2 Å². The summed E-state index contributed by atoms with van der Waals surface area (Å²) in [6.45, 7) is 14.3. The van der Waals surface area contributed by atoms with E-state index in [0.29, 0.717) is 12.0 Å². The third kappa shape index (κ3) is 8.46.